The minimum absolute atomic E-state index is 0.278. The molecule has 0 aromatic carbocycles. The highest BCUT2D eigenvalue weighted by Gasteiger charge is 2.36. The van der Waals surface area contributed by atoms with Gasteiger partial charge in [-0.1, -0.05) is 6.42 Å². The lowest BCUT2D eigenvalue weighted by atomic mass is 9.99. The number of sulfone groups is 1. The summed E-state index contributed by atoms with van der Waals surface area (Å²) in [5, 5.41) is 7.89. The lowest BCUT2D eigenvalue weighted by molar-refractivity contribution is 0.363. The van der Waals surface area contributed by atoms with Crippen LogP contribution in [0.4, 0.5) is 0 Å². The molecule has 106 valence electrons. The van der Waals surface area contributed by atoms with E-state index in [0.717, 1.165) is 38.1 Å². The average Bonchev–Trinajstić information content (AvgIpc) is 2.81. The molecule has 0 radical (unpaired) electrons. The Hall–Kier alpha value is -0.950. The number of hydrogen-bond acceptors (Lipinski definition) is 5. The van der Waals surface area contributed by atoms with E-state index >= 15 is 0 Å². The Morgan fingerprint density at radius 3 is 2.84 bits per heavy atom. The molecule has 3 rings (SSSR count). The summed E-state index contributed by atoms with van der Waals surface area (Å²) in [6.45, 7) is 1.40. The highest BCUT2D eigenvalue weighted by Crippen LogP contribution is 2.34. The molecular formula is C12H20N4O2S. The van der Waals surface area contributed by atoms with Crippen LogP contribution in [-0.2, 0) is 22.8 Å². The Labute approximate surface area is 113 Å². The van der Waals surface area contributed by atoms with Gasteiger partial charge in [-0.25, -0.2) is 8.42 Å². The van der Waals surface area contributed by atoms with Gasteiger partial charge < -0.3 is 10.3 Å². The first-order valence-corrected chi connectivity index (χ1v) is 8.67. The number of rotatable bonds is 2. The van der Waals surface area contributed by atoms with Crippen molar-refractivity contribution in [2.45, 2.75) is 43.9 Å². The van der Waals surface area contributed by atoms with Gasteiger partial charge >= 0.3 is 0 Å². The topological polar surface area (TPSA) is 90.9 Å². The SMILES string of the molecule is NCC1CCc2nnc(C3CCCCS3(=O)=O)n2C1. The highest BCUT2D eigenvalue weighted by atomic mass is 32.2. The molecule has 1 aromatic rings. The smallest absolute Gasteiger partial charge is 0.160 e. The third-order valence-corrected chi connectivity index (χ3v) is 6.44. The van der Waals surface area contributed by atoms with E-state index < -0.39 is 15.1 Å². The Kier molecular flexibility index (Phi) is 3.34. The molecule has 1 aromatic heterocycles. The summed E-state index contributed by atoms with van der Waals surface area (Å²) in [7, 11) is -3.06. The van der Waals surface area contributed by atoms with E-state index in [-0.39, 0.29) is 5.75 Å². The maximum Gasteiger partial charge on any atom is 0.160 e. The van der Waals surface area contributed by atoms with Crippen molar-refractivity contribution >= 4 is 9.84 Å². The van der Waals surface area contributed by atoms with E-state index in [1.165, 1.54) is 0 Å². The van der Waals surface area contributed by atoms with Gasteiger partial charge in [-0.2, -0.15) is 0 Å². The number of nitrogens with two attached hydrogens (primary N) is 1. The zero-order valence-electron chi connectivity index (χ0n) is 11.0. The van der Waals surface area contributed by atoms with E-state index in [2.05, 4.69) is 10.2 Å². The summed E-state index contributed by atoms with van der Waals surface area (Å²) in [6.07, 6.45) is 4.26. The lowest BCUT2D eigenvalue weighted by Gasteiger charge is -2.26. The van der Waals surface area contributed by atoms with Gasteiger partial charge in [0.05, 0.1) is 5.75 Å². The summed E-state index contributed by atoms with van der Waals surface area (Å²) >= 11 is 0. The maximum atomic E-state index is 12.2. The summed E-state index contributed by atoms with van der Waals surface area (Å²) in [4.78, 5) is 0. The van der Waals surface area contributed by atoms with Crippen molar-refractivity contribution < 1.29 is 8.42 Å². The molecule has 0 saturated carbocycles. The van der Waals surface area contributed by atoms with Crippen LogP contribution in [0.1, 0.15) is 42.6 Å². The zero-order chi connectivity index (χ0) is 13.5. The average molecular weight is 284 g/mol. The second kappa shape index (κ2) is 4.86. The standard InChI is InChI=1S/C12H20N4O2S/c13-7-9-4-5-11-14-15-12(16(11)8-9)10-3-1-2-6-19(10,17)18/h9-10H,1-8,13H2. The highest BCUT2D eigenvalue weighted by molar-refractivity contribution is 7.91. The minimum atomic E-state index is -3.06. The molecule has 3 heterocycles. The van der Waals surface area contributed by atoms with Crippen LogP contribution in [0.3, 0.4) is 0 Å². The van der Waals surface area contributed by atoms with E-state index in [1.807, 2.05) is 4.57 Å². The first kappa shape index (κ1) is 13.1. The fraction of sp³-hybridized carbons (Fsp3) is 0.833. The molecule has 2 N–H and O–H groups in total. The zero-order valence-corrected chi connectivity index (χ0v) is 11.8. The molecule has 19 heavy (non-hydrogen) atoms. The molecular weight excluding hydrogens is 264 g/mol. The number of aromatic nitrogens is 3. The second-order valence-electron chi connectivity index (χ2n) is 5.58. The third-order valence-electron chi connectivity index (χ3n) is 4.27. The van der Waals surface area contributed by atoms with Crippen LogP contribution in [0, 0.1) is 5.92 Å². The van der Waals surface area contributed by atoms with Gasteiger partial charge in [0.1, 0.15) is 11.1 Å². The normalized spacial score (nSPS) is 29.9. The van der Waals surface area contributed by atoms with E-state index in [1.54, 1.807) is 0 Å². The van der Waals surface area contributed by atoms with E-state index in [4.69, 9.17) is 5.73 Å². The van der Waals surface area contributed by atoms with Crippen molar-refractivity contribution in [3.05, 3.63) is 11.6 Å². The van der Waals surface area contributed by atoms with Crippen LogP contribution >= 0.6 is 0 Å². The first-order valence-electron chi connectivity index (χ1n) is 6.95. The number of fused-ring (bicyclic) bond motifs is 1. The van der Waals surface area contributed by atoms with Crippen molar-refractivity contribution in [3.8, 4) is 0 Å². The largest absolute Gasteiger partial charge is 0.330 e. The van der Waals surface area contributed by atoms with Gasteiger partial charge in [0.25, 0.3) is 0 Å². The van der Waals surface area contributed by atoms with Crippen LogP contribution in [-0.4, -0.2) is 35.5 Å². The lowest BCUT2D eigenvalue weighted by Crippen LogP contribution is -2.30. The molecule has 6 nitrogen and oxygen atoms in total. The van der Waals surface area contributed by atoms with Crippen molar-refractivity contribution in [1.29, 1.82) is 0 Å². The Bertz CT molecular complexity index is 566. The Morgan fingerprint density at radius 1 is 1.26 bits per heavy atom. The molecule has 2 atom stereocenters. The molecule has 0 spiro atoms. The number of nitrogens with zero attached hydrogens (tertiary/aromatic N) is 3. The fourth-order valence-corrected chi connectivity index (χ4v) is 5.00. The van der Waals surface area contributed by atoms with Gasteiger partial charge in [-0.15, -0.1) is 10.2 Å². The summed E-state index contributed by atoms with van der Waals surface area (Å²) in [5.41, 5.74) is 5.74. The van der Waals surface area contributed by atoms with Crippen LogP contribution in [0.5, 0.6) is 0 Å². The molecule has 2 aliphatic heterocycles. The first-order chi connectivity index (χ1) is 9.12. The van der Waals surface area contributed by atoms with Crippen molar-refractivity contribution in [3.63, 3.8) is 0 Å². The third kappa shape index (κ3) is 2.29. The molecule has 2 aliphatic rings. The molecule has 0 amide bonds. The molecule has 7 heteroatoms. The number of aryl methyl sites for hydroxylation is 1. The molecule has 2 unspecified atom stereocenters. The Balaban J connectivity index is 1.96. The summed E-state index contributed by atoms with van der Waals surface area (Å²) < 4.78 is 26.4. The second-order valence-corrected chi connectivity index (χ2v) is 7.88. The quantitative estimate of drug-likeness (QED) is 0.851. The van der Waals surface area contributed by atoms with Crippen molar-refractivity contribution in [1.82, 2.24) is 14.8 Å². The predicted octanol–water partition coefficient (Wildman–Crippen LogP) is 0.439. The van der Waals surface area contributed by atoms with Crippen LogP contribution < -0.4 is 5.73 Å². The van der Waals surface area contributed by atoms with Gasteiger partial charge in [0.15, 0.2) is 15.7 Å². The monoisotopic (exact) mass is 284 g/mol. The number of hydrogen-bond donors (Lipinski definition) is 1. The molecule has 1 saturated heterocycles. The van der Waals surface area contributed by atoms with Crippen LogP contribution in [0.2, 0.25) is 0 Å². The van der Waals surface area contributed by atoms with Crippen molar-refractivity contribution in [2.75, 3.05) is 12.3 Å². The van der Waals surface area contributed by atoms with E-state index in [9.17, 15) is 8.42 Å². The van der Waals surface area contributed by atoms with Crippen molar-refractivity contribution in [2.24, 2.45) is 11.7 Å². The Morgan fingerprint density at radius 2 is 2.11 bits per heavy atom. The van der Waals surface area contributed by atoms with Crippen LogP contribution in [0.15, 0.2) is 0 Å². The van der Waals surface area contributed by atoms with Gasteiger partial charge in [-0.3, -0.25) is 0 Å². The van der Waals surface area contributed by atoms with Gasteiger partial charge in [0.2, 0.25) is 0 Å². The maximum absolute atomic E-state index is 12.2. The molecule has 0 aliphatic carbocycles. The van der Waals surface area contributed by atoms with Gasteiger partial charge in [-0.05, 0) is 31.7 Å². The van der Waals surface area contributed by atoms with Crippen LogP contribution in [0.25, 0.3) is 0 Å². The molecule has 0 bridgehead atoms. The molecule has 1 fully saturated rings. The summed E-state index contributed by atoms with van der Waals surface area (Å²) in [6, 6.07) is 0. The fourth-order valence-electron chi connectivity index (χ4n) is 3.09. The minimum Gasteiger partial charge on any atom is -0.330 e. The summed E-state index contributed by atoms with van der Waals surface area (Å²) in [5.74, 6) is 2.25. The van der Waals surface area contributed by atoms with Gasteiger partial charge in [0, 0.05) is 13.0 Å². The van der Waals surface area contributed by atoms with E-state index in [0.29, 0.717) is 24.7 Å². The predicted molar refractivity (Wildman–Crippen MR) is 71.3 cm³/mol.